The van der Waals surface area contributed by atoms with Crippen LogP contribution in [-0.4, -0.2) is 28.2 Å². The molecule has 0 aliphatic rings. The Balaban J connectivity index is 1.96. The molecule has 0 fully saturated rings. The van der Waals surface area contributed by atoms with E-state index >= 15 is 0 Å². The molecule has 6 heteroatoms. The van der Waals surface area contributed by atoms with Gasteiger partial charge in [-0.2, -0.15) is 9.97 Å². The van der Waals surface area contributed by atoms with Gasteiger partial charge in [-0.1, -0.05) is 28.1 Å². The van der Waals surface area contributed by atoms with Gasteiger partial charge < -0.3 is 15.2 Å². The quantitative estimate of drug-likeness (QED) is 0.728. The highest BCUT2D eigenvalue weighted by atomic mass is 79.9. The lowest BCUT2D eigenvalue weighted by Gasteiger charge is -2.10. The molecule has 3 rings (SSSR count). The van der Waals surface area contributed by atoms with Gasteiger partial charge in [-0.05, 0) is 36.4 Å². The number of fused-ring (bicyclic) bond motifs is 1. The Morgan fingerprint density at radius 2 is 1.82 bits per heavy atom. The Morgan fingerprint density at radius 1 is 1.05 bits per heavy atom. The van der Waals surface area contributed by atoms with Crippen molar-refractivity contribution < 1.29 is 9.84 Å². The van der Waals surface area contributed by atoms with Gasteiger partial charge in [0.1, 0.15) is 11.6 Å². The second-order valence-corrected chi connectivity index (χ2v) is 5.49. The number of aromatic nitrogens is 2. The average Bonchev–Trinajstić information content (AvgIpc) is 2.55. The van der Waals surface area contributed by atoms with Crippen LogP contribution in [0.3, 0.4) is 0 Å². The summed E-state index contributed by atoms with van der Waals surface area (Å²) in [6, 6.07) is 15.4. The molecule has 0 bridgehead atoms. The van der Waals surface area contributed by atoms with Crippen LogP contribution in [0.25, 0.3) is 10.9 Å². The van der Waals surface area contributed by atoms with Crippen molar-refractivity contribution in [2.45, 2.75) is 0 Å². The molecule has 3 aromatic rings. The van der Waals surface area contributed by atoms with Crippen LogP contribution in [0.5, 0.6) is 11.8 Å². The van der Waals surface area contributed by atoms with Gasteiger partial charge in [0.15, 0.2) is 0 Å². The molecule has 5 nitrogen and oxygen atoms in total. The van der Waals surface area contributed by atoms with Crippen molar-refractivity contribution in [2.75, 3.05) is 18.5 Å². The predicted octanol–water partition coefficient (Wildman–Crippen LogP) is 3.59. The van der Waals surface area contributed by atoms with Crippen molar-refractivity contribution in [3.8, 4) is 11.8 Å². The first-order chi connectivity index (χ1) is 10.8. The van der Waals surface area contributed by atoms with Crippen LogP contribution in [0, 0.1) is 0 Å². The molecule has 0 amide bonds. The van der Waals surface area contributed by atoms with E-state index in [1.54, 1.807) is 0 Å². The summed E-state index contributed by atoms with van der Waals surface area (Å²) >= 11 is 3.38. The van der Waals surface area contributed by atoms with Gasteiger partial charge in [0, 0.05) is 16.4 Å². The Hall–Kier alpha value is -2.18. The van der Waals surface area contributed by atoms with E-state index < -0.39 is 0 Å². The fourth-order valence-corrected chi connectivity index (χ4v) is 2.28. The summed E-state index contributed by atoms with van der Waals surface area (Å²) in [5, 5.41) is 13.0. The number of anilines is 1. The third-order valence-electron chi connectivity index (χ3n) is 3.01. The van der Waals surface area contributed by atoms with Crippen molar-refractivity contribution in [2.24, 2.45) is 0 Å². The number of aliphatic hydroxyl groups is 1. The Morgan fingerprint density at radius 3 is 2.59 bits per heavy atom. The molecule has 0 unspecified atom stereocenters. The summed E-state index contributed by atoms with van der Waals surface area (Å²) in [7, 11) is 0. The molecule has 0 spiro atoms. The first kappa shape index (κ1) is 14.7. The van der Waals surface area contributed by atoms with Crippen molar-refractivity contribution in [3.63, 3.8) is 0 Å². The zero-order valence-corrected chi connectivity index (χ0v) is 13.2. The summed E-state index contributed by atoms with van der Waals surface area (Å²) in [5.74, 6) is 1.30. The average molecular weight is 360 g/mol. The van der Waals surface area contributed by atoms with Gasteiger partial charge in [0.25, 0.3) is 0 Å². The van der Waals surface area contributed by atoms with Crippen molar-refractivity contribution in [1.29, 1.82) is 0 Å². The van der Waals surface area contributed by atoms with Gasteiger partial charge in [-0.3, -0.25) is 0 Å². The topological polar surface area (TPSA) is 67.3 Å². The van der Waals surface area contributed by atoms with Crippen LogP contribution >= 0.6 is 15.9 Å². The molecular formula is C16H14BrN3O2. The fourth-order valence-electron chi connectivity index (χ4n) is 2.02. The first-order valence-electron chi connectivity index (χ1n) is 6.81. The maximum Gasteiger partial charge on any atom is 0.324 e. The third-order valence-corrected chi connectivity index (χ3v) is 3.54. The van der Waals surface area contributed by atoms with Crippen LogP contribution < -0.4 is 10.1 Å². The minimum absolute atomic E-state index is 0.0290. The van der Waals surface area contributed by atoms with Crippen LogP contribution in [0.15, 0.2) is 53.0 Å². The lowest BCUT2D eigenvalue weighted by molar-refractivity contribution is 0.311. The number of aliphatic hydroxyl groups excluding tert-OH is 1. The monoisotopic (exact) mass is 359 g/mol. The van der Waals surface area contributed by atoms with E-state index in [0.717, 1.165) is 15.4 Å². The van der Waals surface area contributed by atoms with Crippen LogP contribution in [-0.2, 0) is 0 Å². The van der Waals surface area contributed by atoms with Crippen molar-refractivity contribution >= 4 is 32.7 Å². The predicted molar refractivity (Wildman–Crippen MR) is 89.3 cm³/mol. The lowest BCUT2D eigenvalue weighted by atomic mass is 10.2. The lowest BCUT2D eigenvalue weighted by Crippen LogP contribution is -2.08. The van der Waals surface area contributed by atoms with Crippen LogP contribution in [0.4, 0.5) is 5.82 Å². The highest BCUT2D eigenvalue weighted by molar-refractivity contribution is 9.10. The molecule has 112 valence electrons. The highest BCUT2D eigenvalue weighted by Crippen LogP contribution is 2.26. The zero-order valence-electron chi connectivity index (χ0n) is 11.7. The number of nitrogens with zero attached hydrogens (tertiary/aromatic N) is 2. The number of rotatable bonds is 5. The second-order valence-electron chi connectivity index (χ2n) is 4.58. The summed E-state index contributed by atoms with van der Waals surface area (Å²) in [4.78, 5) is 8.80. The molecule has 0 saturated carbocycles. The Kier molecular flexibility index (Phi) is 4.50. The summed E-state index contributed by atoms with van der Waals surface area (Å²) in [5.41, 5.74) is 0.782. The third kappa shape index (κ3) is 3.35. The number of hydrogen-bond donors (Lipinski definition) is 2. The molecule has 22 heavy (non-hydrogen) atoms. The minimum atomic E-state index is 0.0290. The zero-order chi connectivity index (χ0) is 15.4. The molecule has 1 heterocycles. The molecule has 0 atom stereocenters. The molecular weight excluding hydrogens is 346 g/mol. The maximum atomic E-state index is 8.99. The number of hydrogen-bond acceptors (Lipinski definition) is 5. The molecule has 1 aromatic heterocycles. The van der Waals surface area contributed by atoms with Gasteiger partial charge in [0.2, 0.25) is 0 Å². The number of para-hydroxylation sites is 1. The van der Waals surface area contributed by atoms with Gasteiger partial charge in [0.05, 0.1) is 12.1 Å². The van der Waals surface area contributed by atoms with E-state index in [1.165, 1.54) is 0 Å². The van der Waals surface area contributed by atoms with Crippen molar-refractivity contribution in [3.05, 3.63) is 53.0 Å². The molecule has 0 aliphatic heterocycles. The number of halogens is 1. The molecule has 2 N–H and O–H groups in total. The highest BCUT2D eigenvalue weighted by Gasteiger charge is 2.08. The van der Waals surface area contributed by atoms with E-state index in [9.17, 15) is 0 Å². The van der Waals surface area contributed by atoms with E-state index in [0.29, 0.717) is 18.1 Å². The van der Waals surface area contributed by atoms with E-state index in [4.69, 9.17) is 9.84 Å². The standard InChI is InChI=1S/C16H14BrN3O2/c17-11-5-7-12(8-6-11)22-16-19-14-4-2-1-3-13(14)15(20-16)18-9-10-21/h1-8,21H,9-10H2,(H,18,19,20). The number of ether oxygens (including phenoxy) is 1. The van der Waals surface area contributed by atoms with Gasteiger partial charge in [-0.15, -0.1) is 0 Å². The molecule has 0 saturated heterocycles. The van der Waals surface area contributed by atoms with E-state index in [-0.39, 0.29) is 12.6 Å². The minimum Gasteiger partial charge on any atom is -0.424 e. The van der Waals surface area contributed by atoms with Crippen LogP contribution in [0.2, 0.25) is 0 Å². The summed E-state index contributed by atoms with van der Waals surface area (Å²) in [6.45, 7) is 0.444. The molecule has 0 aliphatic carbocycles. The molecule has 0 radical (unpaired) electrons. The fraction of sp³-hybridized carbons (Fsp3) is 0.125. The number of benzene rings is 2. The number of nitrogens with one attached hydrogen (secondary N) is 1. The van der Waals surface area contributed by atoms with Gasteiger partial charge >= 0.3 is 6.01 Å². The maximum absolute atomic E-state index is 8.99. The summed E-state index contributed by atoms with van der Waals surface area (Å²) in [6.07, 6.45) is 0. The Labute approximate surface area is 136 Å². The molecule has 2 aromatic carbocycles. The second kappa shape index (κ2) is 6.72. The van der Waals surface area contributed by atoms with Crippen LogP contribution in [0.1, 0.15) is 0 Å². The summed E-state index contributed by atoms with van der Waals surface area (Å²) < 4.78 is 6.69. The Bertz CT molecular complexity index is 778. The largest absolute Gasteiger partial charge is 0.424 e. The SMILES string of the molecule is OCCNc1nc(Oc2ccc(Br)cc2)nc2ccccc12. The first-order valence-corrected chi connectivity index (χ1v) is 7.60. The van der Waals surface area contributed by atoms with E-state index in [1.807, 2.05) is 48.5 Å². The normalized spacial score (nSPS) is 10.6. The smallest absolute Gasteiger partial charge is 0.324 e. The van der Waals surface area contributed by atoms with Gasteiger partial charge in [-0.25, -0.2) is 0 Å². The van der Waals surface area contributed by atoms with E-state index in [2.05, 4.69) is 31.2 Å². The van der Waals surface area contributed by atoms with Crippen molar-refractivity contribution in [1.82, 2.24) is 9.97 Å².